The van der Waals surface area contributed by atoms with Gasteiger partial charge in [-0.2, -0.15) is 5.10 Å². The van der Waals surface area contributed by atoms with Crippen LogP contribution in [-0.4, -0.2) is 28.9 Å². The Balaban J connectivity index is 3.07. The lowest BCUT2D eigenvalue weighted by molar-refractivity contribution is -0.142. The highest BCUT2D eigenvalue weighted by atomic mass is 79.9. The van der Waals surface area contributed by atoms with Crippen molar-refractivity contribution >= 4 is 27.6 Å². The van der Waals surface area contributed by atoms with E-state index in [1.807, 2.05) is 27.7 Å². The van der Waals surface area contributed by atoms with Gasteiger partial charge in [0.05, 0.1) is 19.0 Å². The fourth-order valence-electron chi connectivity index (χ4n) is 1.83. The normalized spacial score (nSPS) is 12.6. The van der Waals surface area contributed by atoms with Gasteiger partial charge in [-0.25, -0.2) is 9.48 Å². The molecule has 0 aliphatic heterocycles. The lowest BCUT2D eigenvalue weighted by Gasteiger charge is -2.21. The molecule has 1 unspecified atom stereocenters. The fourth-order valence-corrected chi connectivity index (χ4v) is 2.26. The Morgan fingerprint density at radius 2 is 2.05 bits per heavy atom. The van der Waals surface area contributed by atoms with E-state index in [2.05, 4.69) is 26.3 Å². The third kappa shape index (κ3) is 4.56. The van der Waals surface area contributed by atoms with Crippen molar-refractivity contribution < 1.29 is 9.53 Å². The highest BCUT2D eigenvalue weighted by molar-refractivity contribution is 9.10. The number of carbonyl (C=O) groups excluding carboxylic acids is 1. The van der Waals surface area contributed by atoms with Gasteiger partial charge in [-0.05, 0) is 27.8 Å². The standard InChI is InChI=1S/C14H22BrN3O3/c1-8(2)7-18-13(19)11(15)10(6-16-18)17-12(9(3)4)14(20)21-5/h6,8-9,12,17H,7H2,1-5H3. The smallest absolute Gasteiger partial charge is 0.328 e. The van der Waals surface area contributed by atoms with Crippen molar-refractivity contribution in [3.63, 3.8) is 0 Å². The summed E-state index contributed by atoms with van der Waals surface area (Å²) in [7, 11) is 1.34. The monoisotopic (exact) mass is 359 g/mol. The minimum absolute atomic E-state index is 0.0162. The number of halogens is 1. The van der Waals surface area contributed by atoms with Crippen LogP contribution in [0.1, 0.15) is 27.7 Å². The number of aromatic nitrogens is 2. The number of methoxy groups -OCH3 is 1. The molecule has 1 aromatic rings. The second-order valence-electron chi connectivity index (χ2n) is 5.64. The summed E-state index contributed by atoms with van der Waals surface area (Å²) >= 11 is 3.28. The van der Waals surface area contributed by atoms with Gasteiger partial charge >= 0.3 is 5.97 Å². The molecule has 7 heteroatoms. The van der Waals surface area contributed by atoms with Crippen molar-refractivity contribution in [1.29, 1.82) is 0 Å². The van der Waals surface area contributed by atoms with Crippen molar-refractivity contribution in [1.82, 2.24) is 9.78 Å². The number of hydrogen-bond donors (Lipinski definition) is 1. The summed E-state index contributed by atoms with van der Waals surface area (Å²) in [6, 6.07) is -0.534. The molecule has 1 atom stereocenters. The topological polar surface area (TPSA) is 73.2 Å². The molecule has 1 rings (SSSR count). The number of esters is 1. The quantitative estimate of drug-likeness (QED) is 0.788. The van der Waals surface area contributed by atoms with Crippen LogP contribution in [0.25, 0.3) is 0 Å². The number of anilines is 1. The highest BCUT2D eigenvalue weighted by Gasteiger charge is 2.24. The third-order valence-corrected chi connectivity index (χ3v) is 3.72. The summed E-state index contributed by atoms with van der Waals surface area (Å²) in [5.41, 5.74) is 0.269. The first-order chi connectivity index (χ1) is 9.77. The zero-order valence-electron chi connectivity index (χ0n) is 13.0. The summed E-state index contributed by atoms with van der Waals surface area (Å²) in [6.07, 6.45) is 1.55. The maximum absolute atomic E-state index is 12.2. The zero-order chi connectivity index (χ0) is 16.2. The molecule has 1 aromatic heterocycles. The lowest BCUT2D eigenvalue weighted by atomic mass is 10.0. The van der Waals surface area contributed by atoms with Gasteiger partial charge < -0.3 is 10.1 Å². The summed E-state index contributed by atoms with van der Waals surface area (Å²) in [4.78, 5) is 24.0. The zero-order valence-corrected chi connectivity index (χ0v) is 14.6. The first-order valence-corrected chi connectivity index (χ1v) is 7.67. The van der Waals surface area contributed by atoms with E-state index in [1.165, 1.54) is 11.8 Å². The number of ether oxygens (including phenoxy) is 1. The van der Waals surface area contributed by atoms with E-state index in [1.54, 1.807) is 6.20 Å². The van der Waals surface area contributed by atoms with Crippen LogP contribution in [0.15, 0.2) is 15.5 Å². The fraction of sp³-hybridized carbons (Fsp3) is 0.643. The van der Waals surface area contributed by atoms with Crippen LogP contribution in [0, 0.1) is 11.8 Å². The van der Waals surface area contributed by atoms with Crippen LogP contribution < -0.4 is 10.9 Å². The van der Waals surface area contributed by atoms with Crippen LogP contribution in [0.5, 0.6) is 0 Å². The lowest BCUT2D eigenvalue weighted by Crippen LogP contribution is -2.36. The van der Waals surface area contributed by atoms with Crippen molar-refractivity contribution in [3.05, 3.63) is 21.0 Å². The summed E-state index contributed by atoms with van der Waals surface area (Å²) < 4.78 is 6.55. The van der Waals surface area contributed by atoms with Crippen LogP contribution in [0.4, 0.5) is 5.69 Å². The van der Waals surface area contributed by atoms with Gasteiger partial charge in [0.15, 0.2) is 0 Å². The molecule has 6 nitrogen and oxygen atoms in total. The van der Waals surface area contributed by atoms with E-state index in [-0.39, 0.29) is 17.4 Å². The molecule has 1 heterocycles. The average molecular weight is 360 g/mol. The van der Waals surface area contributed by atoms with Gasteiger partial charge in [0.25, 0.3) is 5.56 Å². The second kappa shape index (κ2) is 7.59. The number of rotatable bonds is 6. The Kier molecular flexibility index (Phi) is 6.39. The van der Waals surface area contributed by atoms with E-state index in [9.17, 15) is 9.59 Å². The molecule has 0 radical (unpaired) electrons. The first kappa shape index (κ1) is 17.7. The summed E-state index contributed by atoms with van der Waals surface area (Å²) in [5, 5.41) is 7.16. The molecule has 0 spiro atoms. The summed E-state index contributed by atoms with van der Waals surface area (Å²) in [5.74, 6) is -0.0369. The van der Waals surface area contributed by atoms with Gasteiger partial charge in [0, 0.05) is 6.54 Å². The van der Waals surface area contributed by atoms with Crippen molar-refractivity contribution in [2.45, 2.75) is 40.3 Å². The maximum atomic E-state index is 12.2. The van der Waals surface area contributed by atoms with Crippen LogP contribution in [0.3, 0.4) is 0 Å². The molecule has 0 saturated heterocycles. The average Bonchev–Trinajstić information content (AvgIpc) is 2.41. The largest absolute Gasteiger partial charge is 0.467 e. The first-order valence-electron chi connectivity index (χ1n) is 6.87. The van der Waals surface area contributed by atoms with Crippen LogP contribution in [0.2, 0.25) is 0 Å². The number of hydrogen-bond acceptors (Lipinski definition) is 5. The number of carbonyl (C=O) groups is 1. The Morgan fingerprint density at radius 1 is 1.43 bits per heavy atom. The molecular weight excluding hydrogens is 338 g/mol. The van der Waals surface area contributed by atoms with Gasteiger partial charge in [-0.15, -0.1) is 0 Å². The highest BCUT2D eigenvalue weighted by Crippen LogP contribution is 2.20. The molecule has 0 aliphatic rings. The molecular formula is C14H22BrN3O3. The van der Waals surface area contributed by atoms with Crippen molar-refractivity contribution in [3.8, 4) is 0 Å². The van der Waals surface area contributed by atoms with Gasteiger partial charge in [0.1, 0.15) is 10.5 Å². The molecule has 0 amide bonds. The van der Waals surface area contributed by atoms with Crippen molar-refractivity contribution in [2.75, 3.05) is 12.4 Å². The summed E-state index contributed by atoms with van der Waals surface area (Å²) in [6.45, 7) is 8.37. The van der Waals surface area contributed by atoms with Crippen LogP contribution >= 0.6 is 15.9 Å². The Bertz CT molecular complexity index is 555. The van der Waals surface area contributed by atoms with Crippen molar-refractivity contribution in [2.24, 2.45) is 11.8 Å². The molecule has 118 valence electrons. The SMILES string of the molecule is COC(=O)C(Nc1cnn(CC(C)C)c(=O)c1Br)C(C)C. The van der Waals surface area contributed by atoms with E-state index < -0.39 is 6.04 Å². The predicted molar refractivity (Wildman–Crippen MR) is 85.3 cm³/mol. The molecule has 0 fully saturated rings. The number of nitrogens with zero attached hydrogens (tertiary/aromatic N) is 2. The Hall–Kier alpha value is -1.37. The van der Waals surface area contributed by atoms with Crippen LogP contribution in [-0.2, 0) is 16.1 Å². The molecule has 0 bridgehead atoms. The second-order valence-corrected chi connectivity index (χ2v) is 6.44. The number of nitrogens with one attached hydrogen (secondary N) is 1. The minimum atomic E-state index is -0.534. The molecule has 0 aromatic carbocycles. The molecule has 21 heavy (non-hydrogen) atoms. The van der Waals surface area contributed by atoms with Gasteiger partial charge in [-0.1, -0.05) is 27.7 Å². The maximum Gasteiger partial charge on any atom is 0.328 e. The minimum Gasteiger partial charge on any atom is -0.467 e. The van der Waals surface area contributed by atoms with E-state index in [0.717, 1.165) is 0 Å². The third-order valence-electron chi connectivity index (χ3n) is 2.96. The Labute approximate surface area is 133 Å². The van der Waals surface area contributed by atoms with E-state index in [4.69, 9.17) is 4.74 Å². The van der Waals surface area contributed by atoms with Gasteiger partial charge in [0.2, 0.25) is 0 Å². The van der Waals surface area contributed by atoms with E-state index in [0.29, 0.717) is 22.6 Å². The Morgan fingerprint density at radius 3 is 2.52 bits per heavy atom. The molecule has 0 aliphatic carbocycles. The predicted octanol–water partition coefficient (Wildman–Crippen LogP) is 2.27. The molecule has 1 N–H and O–H groups in total. The van der Waals surface area contributed by atoms with Gasteiger partial charge in [-0.3, -0.25) is 4.79 Å². The van der Waals surface area contributed by atoms with E-state index >= 15 is 0 Å². The molecule has 0 saturated carbocycles.